The van der Waals surface area contributed by atoms with Gasteiger partial charge < -0.3 is 15.7 Å². The summed E-state index contributed by atoms with van der Waals surface area (Å²) in [6.45, 7) is 2.68. The number of hydrogen-bond acceptors (Lipinski definition) is 5. The van der Waals surface area contributed by atoms with E-state index in [-0.39, 0.29) is 12.4 Å². The van der Waals surface area contributed by atoms with E-state index in [2.05, 4.69) is 10.1 Å². The van der Waals surface area contributed by atoms with E-state index in [1.165, 1.54) is 4.88 Å². The van der Waals surface area contributed by atoms with Gasteiger partial charge in [0.2, 0.25) is 0 Å². The van der Waals surface area contributed by atoms with Crippen LogP contribution < -0.4 is 5.73 Å². The minimum Gasteiger partial charge on any atom is -0.409 e. The van der Waals surface area contributed by atoms with Crippen molar-refractivity contribution in [1.29, 1.82) is 0 Å². The van der Waals surface area contributed by atoms with Crippen LogP contribution in [0.25, 0.3) is 0 Å². The smallest absolute Gasteiger partial charge is 0.165 e. The van der Waals surface area contributed by atoms with Crippen LogP contribution in [-0.4, -0.2) is 29.2 Å². The molecule has 78 valence electrons. The van der Waals surface area contributed by atoms with E-state index in [4.69, 9.17) is 15.7 Å². The number of rotatable bonds is 5. The number of thiazole rings is 1. The van der Waals surface area contributed by atoms with Crippen molar-refractivity contribution in [2.24, 2.45) is 10.9 Å². The molecule has 0 aliphatic heterocycles. The predicted octanol–water partition coefficient (Wildman–Crippen LogP) is 0.757. The molecule has 0 unspecified atom stereocenters. The first-order valence-electron chi connectivity index (χ1n) is 4.17. The lowest BCUT2D eigenvalue weighted by atomic mass is 10.3. The van der Waals surface area contributed by atoms with Gasteiger partial charge in [0.1, 0.15) is 6.61 Å². The van der Waals surface area contributed by atoms with Crippen molar-refractivity contribution in [3.8, 4) is 0 Å². The summed E-state index contributed by atoms with van der Waals surface area (Å²) in [6, 6.07) is 0. The predicted molar refractivity (Wildman–Crippen MR) is 54.8 cm³/mol. The molecule has 0 spiro atoms. The molecule has 0 bridgehead atoms. The third-order valence-electron chi connectivity index (χ3n) is 1.70. The Bertz CT molecular complexity index is 311. The standard InChI is InChI=1S/C8H13N3O2S/c1-6-7(14-5-10-6)2-3-13-4-8(9)11-12/h5,12H,2-4H2,1H3,(H2,9,11). The van der Waals surface area contributed by atoms with Crippen molar-refractivity contribution in [1.82, 2.24) is 4.98 Å². The first-order chi connectivity index (χ1) is 6.74. The van der Waals surface area contributed by atoms with E-state index in [1.54, 1.807) is 11.3 Å². The molecule has 0 aliphatic rings. The van der Waals surface area contributed by atoms with Crippen molar-refractivity contribution in [3.63, 3.8) is 0 Å². The minimum absolute atomic E-state index is 0.0889. The van der Waals surface area contributed by atoms with Crippen LogP contribution in [-0.2, 0) is 11.2 Å². The second-order valence-corrected chi connectivity index (χ2v) is 3.69. The number of nitrogens with two attached hydrogens (primary N) is 1. The Labute approximate surface area is 86.2 Å². The monoisotopic (exact) mass is 215 g/mol. The molecule has 1 aromatic heterocycles. The largest absolute Gasteiger partial charge is 0.409 e. The highest BCUT2D eigenvalue weighted by molar-refractivity contribution is 7.09. The van der Waals surface area contributed by atoms with Crippen LogP contribution in [0, 0.1) is 6.92 Å². The Morgan fingerprint density at radius 2 is 2.57 bits per heavy atom. The van der Waals surface area contributed by atoms with Crippen LogP contribution in [0.1, 0.15) is 10.6 Å². The van der Waals surface area contributed by atoms with Gasteiger partial charge in [-0.25, -0.2) is 4.98 Å². The van der Waals surface area contributed by atoms with Gasteiger partial charge in [-0.3, -0.25) is 0 Å². The summed E-state index contributed by atoms with van der Waals surface area (Å²) in [5.74, 6) is 0.0889. The van der Waals surface area contributed by atoms with Gasteiger partial charge in [-0.1, -0.05) is 5.16 Å². The van der Waals surface area contributed by atoms with Crippen LogP contribution >= 0.6 is 11.3 Å². The number of aryl methyl sites for hydroxylation is 1. The average molecular weight is 215 g/mol. The Morgan fingerprint density at radius 1 is 1.79 bits per heavy atom. The van der Waals surface area contributed by atoms with Crippen LogP contribution in [0.2, 0.25) is 0 Å². The Kier molecular flexibility index (Phi) is 4.34. The third kappa shape index (κ3) is 3.31. The number of ether oxygens (including phenoxy) is 1. The van der Waals surface area contributed by atoms with Gasteiger partial charge in [-0.2, -0.15) is 0 Å². The van der Waals surface area contributed by atoms with Gasteiger partial charge in [-0.15, -0.1) is 11.3 Å². The number of oxime groups is 1. The van der Waals surface area contributed by atoms with Gasteiger partial charge in [0.05, 0.1) is 17.8 Å². The normalized spacial score (nSPS) is 11.9. The van der Waals surface area contributed by atoms with Crippen molar-refractivity contribution in [2.75, 3.05) is 13.2 Å². The molecule has 0 saturated carbocycles. The molecule has 6 heteroatoms. The molecular weight excluding hydrogens is 202 g/mol. The summed E-state index contributed by atoms with van der Waals surface area (Å²) < 4.78 is 5.18. The van der Waals surface area contributed by atoms with Gasteiger partial charge in [0.15, 0.2) is 5.84 Å². The fourth-order valence-electron chi connectivity index (χ4n) is 0.937. The van der Waals surface area contributed by atoms with E-state index in [0.29, 0.717) is 6.61 Å². The lowest BCUT2D eigenvalue weighted by molar-refractivity contribution is 0.171. The minimum atomic E-state index is 0.0889. The molecule has 0 aromatic carbocycles. The maximum atomic E-state index is 8.24. The zero-order chi connectivity index (χ0) is 10.4. The molecule has 0 saturated heterocycles. The number of amidine groups is 1. The van der Waals surface area contributed by atoms with Crippen LogP contribution in [0.4, 0.5) is 0 Å². The fraction of sp³-hybridized carbons (Fsp3) is 0.500. The summed E-state index contributed by atoms with van der Waals surface area (Å²) in [5.41, 5.74) is 8.09. The maximum absolute atomic E-state index is 8.24. The molecule has 5 nitrogen and oxygen atoms in total. The van der Waals surface area contributed by atoms with E-state index in [1.807, 2.05) is 12.4 Å². The van der Waals surface area contributed by atoms with E-state index >= 15 is 0 Å². The van der Waals surface area contributed by atoms with Crippen molar-refractivity contribution in [3.05, 3.63) is 16.1 Å². The molecule has 1 heterocycles. The third-order valence-corrected chi connectivity index (χ3v) is 2.69. The first kappa shape index (κ1) is 10.9. The molecule has 1 rings (SSSR count). The van der Waals surface area contributed by atoms with Crippen molar-refractivity contribution in [2.45, 2.75) is 13.3 Å². The van der Waals surface area contributed by atoms with E-state index in [9.17, 15) is 0 Å². The molecule has 0 radical (unpaired) electrons. The summed E-state index contributed by atoms with van der Waals surface area (Å²) in [5, 5.41) is 11.0. The second-order valence-electron chi connectivity index (χ2n) is 2.75. The Morgan fingerprint density at radius 3 is 3.14 bits per heavy atom. The van der Waals surface area contributed by atoms with E-state index in [0.717, 1.165) is 12.1 Å². The Hall–Kier alpha value is -1.14. The Balaban J connectivity index is 2.20. The van der Waals surface area contributed by atoms with Crippen LogP contribution in [0.3, 0.4) is 0 Å². The van der Waals surface area contributed by atoms with Crippen LogP contribution in [0.5, 0.6) is 0 Å². The lowest BCUT2D eigenvalue weighted by Crippen LogP contribution is -2.19. The van der Waals surface area contributed by atoms with Crippen LogP contribution in [0.15, 0.2) is 10.7 Å². The SMILES string of the molecule is Cc1ncsc1CCOC/C(N)=N/O. The lowest BCUT2D eigenvalue weighted by Gasteiger charge is -2.01. The zero-order valence-corrected chi connectivity index (χ0v) is 8.75. The molecule has 14 heavy (non-hydrogen) atoms. The number of nitrogens with zero attached hydrogens (tertiary/aromatic N) is 2. The topological polar surface area (TPSA) is 80.7 Å². The van der Waals surface area contributed by atoms with Gasteiger partial charge in [0, 0.05) is 11.3 Å². The summed E-state index contributed by atoms with van der Waals surface area (Å²) >= 11 is 1.61. The average Bonchev–Trinajstić information content (AvgIpc) is 2.58. The molecule has 0 atom stereocenters. The van der Waals surface area contributed by atoms with Crippen molar-refractivity contribution >= 4 is 17.2 Å². The number of hydrogen-bond donors (Lipinski definition) is 2. The highest BCUT2D eigenvalue weighted by Crippen LogP contribution is 2.12. The highest BCUT2D eigenvalue weighted by atomic mass is 32.1. The molecule has 0 aliphatic carbocycles. The van der Waals surface area contributed by atoms with Gasteiger partial charge in [0.25, 0.3) is 0 Å². The summed E-state index contributed by atoms with van der Waals surface area (Å²) in [6.07, 6.45) is 0.815. The second kappa shape index (κ2) is 5.56. The van der Waals surface area contributed by atoms with Gasteiger partial charge in [-0.05, 0) is 6.92 Å². The highest BCUT2D eigenvalue weighted by Gasteiger charge is 2.01. The fourth-order valence-corrected chi connectivity index (χ4v) is 1.70. The van der Waals surface area contributed by atoms with Gasteiger partial charge >= 0.3 is 0 Å². The summed E-state index contributed by atoms with van der Waals surface area (Å²) in [4.78, 5) is 5.33. The molecule has 0 fully saturated rings. The zero-order valence-electron chi connectivity index (χ0n) is 7.93. The molecule has 1 aromatic rings. The maximum Gasteiger partial charge on any atom is 0.165 e. The summed E-state index contributed by atoms with van der Waals surface area (Å²) in [7, 11) is 0. The van der Waals surface area contributed by atoms with Crippen molar-refractivity contribution < 1.29 is 9.94 Å². The molecule has 0 amide bonds. The molecule has 3 N–H and O–H groups in total. The first-order valence-corrected chi connectivity index (χ1v) is 5.05. The number of aromatic nitrogens is 1. The van der Waals surface area contributed by atoms with E-state index < -0.39 is 0 Å². The molecular formula is C8H13N3O2S. The quantitative estimate of drug-likeness (QED) is 0.250.